The van der Waals surface area contributed by atoms with Crippen LogP contribution in [-0.4, -0.2) is 25.2 Å². The number of hydrogen-bond donors (Lipinski definition) is 1. The molecule has 1 aromatic carbocycles. The standard InChI is InChI=1S/C16H21F3N2/c1-12-4-5-13(16(17,18)19)10-14(12)21-9-8-20-15(11-21)6-2-3-7-15/h4-5,10,20H,2-3,6-9,11H2,1H3. The number of aryl methyl sites for hydroxylation is 1. The highest BCUT2D eigenvalue weighted by molar-refractivity contribution is 5.56. The van der Waals surface area contributed by atoms with Gasteiger partial charge in [0.15, 0.2) is 0 Å². The van der Waals surface area contributed by atoms with Gasteiger partial charge in [-0.15, -0.1) is 0 Å². The van der Waals surface area contributed by atoms with Gasteiger partial charge in [-0.25, -0.2) is 0 Å². The second-order valence-electron chi connectivity index (χ2n) is 6.33. The highest BCUT2D eigenvalue weighted by Crippen LogP contribution is 2.37. The molecule has 1 aromatic rings. The summed E-state index contributed by atoms with van der Waals surface area (Å²) < 4.78 is 38.8. The third-order valence-corrected chi connectivity index (χ3v) is 4.81. The van der Waals surface area contributed by atoms with E-state index in [4.69, 9.17) is 0 Å². The molecule has 0 amide bonds. The van der Waals surface area contributed by atoms with Gasteiger partial charge in [0.05, 0.1) is 5.56 Å². The molecule has 0 radical (unpaired) electrons. The van der Waals surface area contributed by atoms with Crippen LogP contribution in [0.15, 0.2) is 18.2 Å². The topological polar surface area (TPSA) is 15.3 Å². The predicted octanol–water partition coefficient (Wildman–Crippen LogP) is 3.74. The second-order valence-corrected chi connectivity index (χ2v) is 6.33. The molecule has 0 aromatic heterocycles. The molecule has 0 atom stereocenters. The highest BCUT2D eigenvalue weighted by atomic mass is 19.4. The summed E-state index contributed by atoms with van der Waals surface area (Å²) in [6.45, 7) is 4.31. The summed E-state index contributed by atoms with van der Waals surface area (Å²) in [5.41, 5.74) is 1.21. The van der Waals surface area contributed by atoms with Gasteiger partial charge in [-0.1, -0.05) is 18.9 Å². The minimum Gasteiger partial charge on any atom is -0.368 e. The fourth-order valence-corrected chi connectivity index (χ4v) is 3.68. The third kappa shape index (κ3) is 2.89. The molecule has 1 spiro atoms. The predicted molar refractivity (Wildman–Crippen MR) is 77.6 cm³/mol. The zero-order valence-corrected chi connectivity index (χ0v) is 12.3. The van der Waals surface area contributed by atoms with Gasteiger partial charge in [0, 0.05) is 30.9 Å². The van der Waals surface area contributed by atoms with Crippen molar-refractivity contribution in [2.24, 2.45) is 0 Å². The SMILES string of the molecule is Cc1ccc(C(F)(F)F)cc1N1CCNC2(CCCC2)C1. The van der Waals surface area contributed by atoms with E-state index in [-0.39, 0.29) is 5.54 Å². The summed E-state index contributed by atoms with van der Waals surface area (Å²) in [4.78, 5) is 2.13. The molecule has 1 aliphatic heterocycles. The van der Waals surface area contributed by atoms with Crippen LogP contribution in [0.1, 0.15) is 36.8 Å². The molecule has 21 heavy (non-hydrogen) atoms. The lowest BCUT2D eigenvalue weighted by Gasteiger charge is -2.43. The summed E-state index contributed by atoms with van der Waals surface area (Å²) in [5, 5.41) is 3.59. The third-order valence-electron chi connectivity index (χ3n) is 4.81. The first kappa shape index (κ1) is 14.7. The van der Waals surface area contributed by atoms with Crippen molar-refractivity contribution in [2.45, 2.75) is 44.3 Å². The molecule has 116 valence electrons. The van der Waals surface area contributed by atoms with Gasteiger partial charge in [-0.2, -0.15) is 13.2 Å². The Kier molecular flexibility index (Phi) is 3.64. The average molecular weight is 298 g/mol. The zero-order chi connectivity index (χ0) is 15.1. The number of nitrogens with zero attached hydrogens (tertiary/aromatic N) is 1. The van der Waals surface area contributed by atoms with Crippen LogP contribution in [0.5, 0.6) is 0 Å². The molecule has 1 saturated carbocycles. The number of piperazine rings is 1. The Bertz CT molecular complexity index is 519. The lowest BCUT2D eigenvalue weighted by atomic mass is 9.93. The molecular weight excluding hydrogens is 277 g/mol. The Morgan fingerprint density at radius 1 is 1.19 bits per heavy atom. The first-order chi connectivity index (χ1) is 9.90. The van der Waals surface area contributed by atoms with Crippen LogP contribution in [0, 0.1) is 6.92 Å². The van der Waals surface area contributed by atoms with E-state index >= 15 is 0 Å². The molecule has 1 heterocycles. The van der Waals surface area contributed by atoms with Gasteiger partial charge in [0.25, 0.3) is 0 Å². The highest BCUT2D eigenvalue weighted by Gasteiger charge is 2.38. The molecule has 2 fully saturated rings. The van der Waals surface area contributed by atoms with Crippen molar-refractivity contribution in [1.82, 2.24) is 5.32 Å². The van der Waals surface area contributed by atoms with E-state index in [9.17, 15) is 13.2 Å². The van der Waals surface area contributed by atoms with E-state index in [1.54, 1.807) is 6.07 Å². The molecule has 2 aliphatic rings. The molecular formula is C16H21F3N2. The Morgan fingerprint density at radius 2 is 1.90 bits per heavy atom. The Morgan fingerprint density at radius 3 is 2.57 bits per heavy atom. The van der Waals surface area contributed by atoms with E-state index < -0.39 is 11.7 Å². The van der Waals surface area contributed by atoms with Crippen LogP contribution >= 0.6 is 0 Å². The quantitative estimate of drug-likeness (QED) is 0.849. The maximum atomic E-state index is 12.9. The fourth-order valence-electron chi connectivity index (χ4n) is 3.68. The normalized spacial score (nSPS) is 22.0. The van der Waals surface area contributed by atoms with Gasteiger partial charge in [0.1, 0.15) is 0 Å². The fraction of sp³-hybridized carbons (Fsp3) is 0.625. The minimum absolute atomic E-state index is 0.110. The lowest BCUT2D eigenvalue weighted by Crippen LogP contribution is -2.59. The van der Waals surface area contributed by atoms with E-state index in [0.717, 1.165) is 43.7 Å². The van der Waals surface area contributed by atoms with Crippen LogP contribution in [-0.2, 0) is 6.18 Å². The average Bonchev–Trinajstić information content (AvgIpc) is 2.86. The molecule has 0 unspecified atom stereocenters. The van der Waals surface area contributed by atoms with Crippen LogP contribution in [0.25, 0.3) is 0 Å². The smallest absolute Gasteiger partial charge is 0.368 e. The summed E-state index contributed by atoms with van der Waals surface area (Å²) in [6, 6.07) is 4.07. The van der Waals surface area contributed by atoms with Crippen LogP contribution < -0.4 is 10.2 Å². The van der Waals surface area contributed by atoms with Gasteiger partial charge >= 0.3 is 6.18 Å². The van der Waals surface area contributed by atoms with Crippen LogP contribution in [0.4, 0.5) is 18.9 Å². The first-order valence-electron chi connectivity index (χ1n) is 7.58. The molecule has 1 aliphatic carbocycles. The number of alkyl halides is 3. The first-order valence-corrected chi connectivity index (χ1v) is 7.58. The monoisotopic (exact) mass is 298 g/mol. The summed E-state index contributed by atoms with van der Waals surface area (Å²) >= 11 is 0. The van der Waals surface area contributed by atoms with Crippen molar-refractivity contribution < 1.29 is 13.2 Å². The maximum Gasteiger partial charge on any atom is 0.416 e. The number of hydrogen-bond acceptors (Lipinski definition) is 2. The maximum absolute atomic E-state index is 12.9. The molecule has 3 rings (SSSR count). The molecule has 1 saturated heterocycles. The second kappa shape index (κ2) is 5.20. The molecule has 5 heteroatoms. The van der Waals surface area contributed by atoms with Crippen molar-refractivity contribution in [1.29, 1.82) is 0 Å². The molecule has 0 bridgehead atoms. The minimum atomic E-state index is -4.28. The Labute approximate surface area is 123 Å². The lowest BCUT2D eigenvalue weighted by molar-refractivity contribution is -0.137. The number of rotatable bonds is 1. The van der Waals surface area contributed by atoms with Crippen LogP contribution in [0.2, 0.25) is 0 Å². The largest absolute Gasteiger partial charge is 0.416 e. The van der Waals surface area contributed by atoms with E-state index in [2.05, 4.69) is 10.2 Å². The van der Waals surface area contributed by atoms with Crippen molar-refractivity contribution in [2.75, 3.05) is 24.5 Å². The number of anilines is 1. The van der Waals surface area contributed by atoms with Gasteiger partial charge in [0.2, 0.25) is 0 Å². The Balaban J connectivity index is 1.89. The number of halogens is 3. The summed E-state index contributed by atoms with van der Waals surface area (Å²) in [5.74, 6) is 0. The van der Waals surface area contributed by atoms with Gasteiger partial charge in [-0.3, -0.25) is 0 Å². The van der Waals surface area contributed by atoms with Crippen molar-refractivity contribution in [3.05, 3.63) is 29.3 Å². The van der Waals surface area contributed by atoms with E-state index in [1.165, 1.54) is 25.0 Å². The van der Waals surface area contributed by atoms with Crippen molar-refractivity contribution in [3.8, 4) is 0 Å². The zero-order valence-electron chi connectivity index (χ0n) is 12.3. The van der Waals surface area contributed by atoms with E-state index in [1.807, 2.05) is 6.92 Å². The van der Waals surface area contributed by atoms with E-state index in [0.29, 0.717) is 0 Å². The Hall–Kier alpha value is -1.23. The van der Waals surface area contributed by atoms with Crippen LogP contribution in [0.3, 0.4) is 0 Å². The molecule has 2 nitrogen and oxygen atoms in total. The van der Waals surface area contributed by atoms with Crippen molar-refractivity contribution >= 4 is 5.69 Å². The van der Waals surface area contributed by atoms with Gasteiger partial charge < -0.3 is 10.2 Å². The summed E-state index contributed by atoms with van der Waals surface area (Å²) in [6.07, 6.45) is 0.398. The number of benzene rings is 1. The molecule has 1 N–H and O–H groups in total. The van der Waals surface area contributed by atoms with Crippen molar-refractivity contribution in [3.63, 3.8) is 0 Å². The van der Waals surface area contributed by atoms with Gasteiger partial charge in [-0.05, 0) is 37.5 Å². The summed E-state index contributed by atoms with van der Waals surface area (Å²) in [7, 11) is 0. The number of nitrogens with one attached hydrogen (secondary N) is 1.